The van der Waals surface area contributed by atoms with Gasteiger partial charge in [0.25, 0.3) is 5.91 Å². The van der Waals surface area contributed by atoms with Crippen LogP contribution in [-0.4, -0.2) is 27.1 Å². The lowest BCUT2D eigenvalue weighted by Gasteiger charge is -2.14. The molecule has 0 radical (unpaired) electrons. The highest BCUT2D eigenvalue weighted by Gasteiger charge is 2.24. The van der Waals surface area contributed by atoms with Gasteiger partial charge in [-0.05, 0) is 48.2 Å². The van der Waals surface area contributed by atoms with Gasteiger partial charge in [0.05, 0.1) is 17.0 Å². The van der Waals surface area contributed by atoms with Crippen molar-refractivity contribution in [1.29, 1.82) is 0 Å². The molecule has 0 aliphatic rings. The summed E-state index contributed by atoms with van der Waals surface area (Å²) in [6.07, 6.45) is 0.522. The predicted octanol–water partition coefficient (Wildman–Crippen LogP) is 6.05. The number of sulfonamides is 1. The quantitative estimate of drug-likeness (QED) is 0.312. The second-order valence-electron chi connectivity index (χ2n) is 8.76. The third-order valence-electron chi connectivity index (χ3n) is 5.70. The monoisotopic (exact) mass is 494 g/mol. The van der Waals surface area contributed by atoms with Crippen LogP contribution in [0.1, 0.15) is 30.6 Å². The fraction of sp³-hybridized carbons (Fsp3) is 0.222. The van der Waals surface area contributed by atoms with E-state index >= 15 is 0 Å². The van der Waals surface area contributed by atoms with Crippen LogP contribution in [0.2, 0.25) is 0 Å². The van der Waals surface area contributed by atoms with Gasteiger partial charge in [-0.3, -0.25) is 9.52 Å². The van der Waals surface area contributed by atoms with Crippen molar-refractivity contribution < 1.29 is 22.0 Å². The lowest BCUT2D eigenvalue weighted by atomic mass is 9.99. The maximum Gasteiger partial charge on any atom is 0.255 e. The van der Waals surface area contributed by atoms with E-state index in [1.54, 1.807) is 12.1 Å². The van der Waals surface area contributed by atoms with E-state index in [0.717, 1.165) is 5.56 Å². The molecule has 0 aliphatic heterocycles. The summed E-state index contributed by atoms with van der Waals surface area (Å²) in [5.74, 6) is -0.276. The minimum Gasteiger partial charge on any atom is -0.455 e. The normalized spacial score (nSPS) is 11.7. The fourth-order valence-corrected chi connectivity index (χ4v) is 5.24. The lowest BCUT2D eigenvalue weighted by Crippen LogP contribution is -2.19. The average molecular weight is 495 g/mol. The van der Waals surface area contributed by atoms with Crippen LogP contribution in [0.3, 0.4) is 0 Å². The molecule has 4 rings (SSSR count). The number of fused-ring (bicyclic) bond motifs is 1. The van der Waals surface area contributed by atoms with Crippen molar-refractivity contribution in [1.82, 2.24) is 5.32 Å². The molecule has 0 saturated carbocycles. The molecular formula is C27H27FN2O4S. The maximum absolute atomic E-state index is 13.5. The molecule has 3 aromatic carbocycles. The number of furan rings is 1. The highest BCUT2D eigenvalue weighted by molar-refractivity contribution is 7.92. The number of carbonyl (C=O) groups excluding carboxylic acids is 1. The second-order valence-corrected chi connectivity index (χ2v) is 10.6. The predicted molar refractivity (Wildman–Crippen MR) is 137 cm³/mol. The fourth-order valence-electron chi connectivity index (χ4n) is 3.85. The van der Waals surface area contributed by atoms with Crippen LogP contribution < -0.4 is 10.0 Å². The molecule has 0 atom stereocenters. The molecule has 0 saturated heterocycles. The zero-order valence-electron chi connectivity index (χ0n) is 19.8. The minimum absolute atomic E-state index is 0.0145. The van der Waals surface area contributed by atoms with Crippen molar-refractivity contribution in [2.45, 2.75) is 20.3 Å². The van der Waals surface area contributed by atoms with Crippen LogP contribution in [0, 0.1) is 11.7 Å². The Balaban J connectivity index is 1.94. The summed E-state index contributed by atoms with van der Waals surface area (Å²) in [4.78, 5) is 12.9. The van der Waals surface area contributed by atoms with Gasteiger partial charge in [0, 0.05) is 29.6 Å². The second kappa shape index (κ2) is 9.92. The van der Waals surface area contributed by atoms with Crippen molar-refractivity contribution in [2.24, 2.45) is 5.92 Å². The first-order valence-electron chi connectivity index (χ1n) is 11.3. The molecule has 8 heteroatoms. The molecule has 0 unspecified atom stereocenters. The van der Waals surface area contributed by atoms with E-state index in [4.69, 9.17) is 4.42 Å². The van der Waals surface area contributed by atoms with E-state index in [1.165, 1.54) is 31.3 Å². The van der Waals surface area contributed by atoms with Gasteiger partial charge in [-0.2, -0.15) is 0 Å². The molecule has 0 fully saturated rings. The molecule has 0 aliphatic carbocycles. The Kier molecular flexibility index (Phi) is 6.93. The summed E-state index contributed by atoms with van der Waals surface area (Å²) in [5, 5.41) is 3.16. The summed E-state index contributed by atoms with van der Waals surface area (Å²) in [5.41, 5.74) is 2.91. The van der Waals surface area contributed by atoms with Crippen LogP contribution >= 0.6 is 0 Å². The van der Waals surface area contributed by atoms with Gasteiger partial charge >= 0.3 is 0 Å². The van der Waals surface area contributed by atoms with Crippen LogP contribution in [-0.2, 0) is 10.0 Å². The Hall–Kier alpha value is -3.65. The zero-order chi connectivity index (χ0) is 25.2. The number of amides is 1. The van der Waals surface area contributed by atoms with Crippen LogP contribution in [0.25, 0.3) is 33.4 Å². The largest absolute Gasteiger partial charge is 0.455 e. The zero-order valence-corrected chi connectivity index (χ0v) is 20.6. The number of hydrogen-bond donors (Lipinski definition) is 2. The number of halogens is 1. The Morgan fingerprint density at radius 1 is 1.00 bits per heavy atom. The number of benzene rings is 3. The summed E-state index contributed by atoms with van der Waals surface area (Å²) in [6, 6.07) is 18.3. The summed E-state index contributed by atoms with van der Waals surface area (Å²) in [7, 11) is -2.10. The van der Waals surface area contributed by atoms with Crippen LogP contribution in [0.4, 0.5) is 10.1 Å². The van der Waals surface area contributed by atoms with E-state index < -0.39 is 15.8 Å². The van der Waals surface area contributed by atoms with Gasteiger partial charge in [0.1, 0.15) is 17.2 Å². The first kappa shape index (κ1) is 24.5. The number of rotatable bonds is 8. The number of anilines is 1. The van der Waals surface area contributed by atoms with E-state index in [1.807, 2.05) is 44.2 Å². The molecule has 1 aromatic heterocycles. The topological polar surface area (TPSA) is 88.4 Å². The SMILES string of the molecule is CNC(=O)c1c(-c2ccc(F)cc2)oc2cc(NS(=O)(=O)CCC(C)C)c(-c3ccccc3)cc12. The smallest absolute Gasteiger partial charge is 0.255 e. The van der Waals surface area contributed by atoms with Gasteiger partial charge in [0.2, 0.25) is 10.0 Å². The number of hydrogen-bond acceptors (Lipinski definition) is 4. The first-order chi connectivity index (χ1) is 16.7. The molecule has 182 valence electrons. The van der Waals surface area contributed by atoms with E-state index in [0.29, 0.717) is 39.8 Å². The Morgan fingerprint density at radius 3 is 2.31 bits per heavy atom. The van der Waals surface area contributed by atoms with Crippen molar-refractivity contribution in [3.8, 4) is 22.5 Å². The number of nitrogens with one attached hydrogen (secondary N) is 2. The van der Waals surface area contributed by atoms with Gasteiger partial charge < -0.3 is 9.73 Å². The van der Waals surface area contributed by atoms with Gasteiger partial charge in [-0.25, -0.2) is 12.8 Å². The Morgan fingerprint density at radius 2 is 1.69 bits per heavy atom. The summed E-state index contributed by atoms with van der Waals surface area (Å²) in [6.45, 7) is 3.94. The van der Waals surface area contributed by atoms with Crippen molar-refractivity contribution >= 4 is 32.6 Å². The van der Waals surface area contributed by atoms with Crippen LogP contribution in [0.5, 0.6) is 0 Å². The van der Waals surface area contributed by atoms with E-state index in [9.17, 15) is 17.6 Å². The van der Waals surface area contributed by atoms with Gasteiger partial charge in [-0.1, -0.05) is 44.2 Å². The highest BCUT2D eigenvalue weighted by Crippen LogP contribution is 2.40. The number of carbonyl (C=O) groups is 1. The molecule has 2 N–H and O–H groups in total. The van der Waals surface area contributed by atoms with E-state index in [-0.39, 0.29) is 23.3 Å². The summed E-state index contributed by atoms with van der Waals surface area (Å²) >= 11 is 0. The molecule has 6 nitrogen and oxygen atoms in total. The molecule has 1 amide bonds. The molecule has 0 bridgehead atoms. The standard InChI is InChI=1S/C27H27FN2O4S/c1-17(2)13-14-35(32,33)30-23-16-24-22(15-21(23)18-7-5-4-6-8-18)25(27(31)29-3)26(34-24)19-9-11-20(28)12-10-19/h4-12,15-17,30H,13-14H2,1-3H3,(H,29,31). The third-order valence-corrected chi connectivity index (χ3v) is 7.01. The molecule has 4 aromatic rings. The Bertz CT molecular complexity index is 1460. The molecule has 0 spiro atoms. The van der Waals surface area contributed by atoms with Crippen molar-refractivity contribution in [3.63, 3.8) is 0 Å². The maximum atomic E-state index is 13.5. The highest BCUT2D eigenvalue weighted by atomic mass is 32.2. The molecule has 1 heterocycles. The molecule has 35 heavy (non-hydrogen) atoms. The van der Waals surface area contributed by atoms with Gasteiger partial charge in [-0.15, -0.1) is 0 Å². The van der Waals surface area contributed by atoms with Crippen LogP contribution in [0.15, 0.2) is 71.1 Å². The van der Waals surface area contributed by atoms with Crippen molar-refractivity contribution in [2.75, 3.05) is 17.5 Å². The molecular weight excluding hydrogens is 467 g/mol. The van der Waals surface area contributed by atoms with Gasteiger partial charge in [0.15, 0.2) is 0 Å². The lowest BCUT2D eigenvalue weighted by molar-refractivity contribution is 0.0964. The first-order valence-corrected chi connectivity index (χ1v) is 13.0. The van der Waals surface area contributed by atoms with Crippen molar-refractivity contribution in [3.05, 3.63) is 78.1 Å². The Labute approximate surface area is 204 Å². The third kappa shape index (κ3) is 5.38. The average Bonchev–Trinajstić information content (AvgIpc) is 3.21. The van der Waals surface area contributed by atoms with E-state index in [2.05, 4.69) is 10.0 Å². The minimum atomic E-state index is -3.62. The summed E-state index contributed by atoms with van der Waals surface area (Å²) < 4.78 is 48.0.